The lowest BCUT2D eigenvalue weighted by Gasteiger charge is -2.35. The number of nitrogens with zero attached hydrogens (tertiary/aromatic N) is 4. The van der Waals surface area contributed by atoms with Crippen LogP contribution >= 0.6 is 0 Å². The Morgan fingerprint density at radius 1 is 1.25 bits per heavy atom. The number of nitriles is 1. The fraction of sp³-hybridized carbons (Fsp3) is 0.400. The number of piperazine rings is 1. The van der Waals surface area contributed by atoms with Gasteiger partial charge in [0.1, 0.15) is 6.07 Å². The summed E-state index contributed by atoms with van der Waals surface area (Å²) in [5, 5.41) is 14.0. The molecule has 2 saturated heterocycles. The van der Waals surface area contributed by atoms with E-state index in [0.717, 1.165) is 29.7 Å². The maximum Gasteiger partial charge on any atom is 0.103 e. The van der Waals surface area contributed by atoms with Crippen molar-refractivity contribution < 1.29 is 0 Å². The monoisotopic (exact) mass is 265 g/mol. The summed E-state index contributed by atoms with van der Waals surface area (Å²) < 4.78 is 0. The van der Waals surface area contributed by atoms with Crippen LogP contribution in [0, 0.1) is 11.3 Å². The van der Waals surface area contributed by atoms with Crippen LogP contribution in [-0.4, -0.2) is 35.1 Å². The van der Waals surface area contributed by atoms with E-state index in [0.29, 0.717) is 17.6 Å². The van der Waals surface area contributed by atoms with Crippen molar-refractivity contribution in [3.05, 3.63) is 30.2 Å². The first-order chi connectivity index (χ1) is 9.85. The van der Waals surface area contributed by atoms with Crippen LogP contribution in [0.1, 0.15) is 18.4 Å². The Bertz CT molecular complexity index is 693. The molecule has 4 heterocycles. The standard InChI is InChI=1S/C15H15N5/c16-5-10-6-18-14-3-4-17-7-13(14)15(10)20-8-11-1-2-12(9-20)19-11/h3-4,6-7,11-12,19H,1-2,8-9H2. The number of hydrogen-bond donors (Lipinski definition) is 1. The summed E-state index contributed by atoms with van der Waals surface area (Å²) in [6.07, 6.45) is 7.70. The zero-order valence-electron chi connectivity index (χ0n) is 11.1. The van der Waals surface area contributed by atoms with E-state index in [1.165, 1.54) is 12.8 Å². The number of nitrogens with one attached hydrogen (secondary N) is 1. The van der Waals surface area contributed by atoms with Crippen molar-refractivity contribution in [2.75, 3.05) is 18.0 Å². The molecular weight excluding hydrogens is 250 g/mol. The molecule has 2 bridgehead atoms. The molecule has 0 radical (unpaired) electrons. The normalized spacial score (nSPS) is 24.9. The van der Waals surface area contributed by atoms with Gasteiger partial charge in [-0.3, -0.25) is 9.97 Å². The van der Waals surface area contributed by atoms with Gasteiger partial charge in [-0.25, -0.2) is 0 Å². The highest BCUT2D eigenvalue weighted by molar-refractivity contribution is 5.93. The minimum absolute atomic E-state index is 0.542. The van der Waals surface area contributed by atoms with Gasteiger partial charge in [-0.2, -0.15) is 5.26 Å². The highest BCUT2D eigenvalue weighted by atomic mass is 15.2. The van der Waals surface area contributed by atoms with Crippen molar-refractivity contribution in [2.45, 2.75) is 24.9 Å². The van der Waals surface area contributed by atoms with Crippen LogP contribution < -0.4 is 10.2 Å². The van der Waals surface area contributed by atoms with Gasteiger partial charge in [0.15, 0.2) is 0 Å². The molecule has 2 unspecified atom stereocenters. The van der Waals surface area contributed by atoms with Gasteiger partial charge in [-0.1, -0.05) is 0 Å². The van der Waals surface area contributed by atoms with Crippen LogP contribution in [0.3, 0.4) is 0 Å². The summed E-state index contributed by atoms with van der Waals surface area (Å²) in [4.78, 5) is 10.9. The zero-order valence-corrected chi connectivity index (χ0v) is 11.1. The van der Waals surface area contributed by atoms with Crippen LogP contribution in [0.2, 0.25) is 0 Å². The molecule has 2 aromatic rings. The van der Waals surface area contributed by atoms with Gasteiger partial charge in [-0.15, -0.1) is 0 Å². The number of fused-ring (bicyclic) bond motifs is 3. The minimum atomic E-state index is 0.542. The Morgan fingerprint density at radius 3 is 2.80 bits per heavy atom. The Morgan fingerprint density at radius 2 is 2.05 bits per heavy atom. The summed E-state index contributed by atoms with van der Waals surface area (Å²) in [6.45, 7) is 1.92. The Hall–Kier alpha value is -2.19. The van der Waals surface area contributed by atoms with Gasteiger partial charge in [0.25, 0.3) is 0 Å². The van der Waals surface area contributed by atoms with E-state index in [2.05, 4.69) is 26.3 Å². The van der Waals surface area contributed by atoms with Crippen LogP contribution in [0.25, 0.3) is 10.9 Å². The maximum atomic E-state index is 9.40. The molecule has 5 nitrogen and oxygen atoms in total. The number of rotatable bonds is 1. The predicted molar refractivity (Wildman–Crippen MR) is 76.4 cm³/mol. The molecule has 2 atom stereocenters. The van der Waals surface area contributed by atoms with E-state index in [1.807, 2.05) is 12.3 Å². The summed E-state index contributed by atoms with van der Waals surface area (Å²) in [5.74, 6) is 0. The van der Waals surface area contributed by atoms with Gasteiger partial charge in [-0.05, 0) is 18.9 Å². The molecule has 0 aromatic carbocycles. The highest BCUT2D eigenvalue weighted by Crippen LogP contribution is 2.32. The smallest absolute Gasteiger partial charge is 0.103 e. The summed E-state index contributed by atoms with van der Waals surface area (Å²) >= 11 is 0. The summed E-state index contributed by atoms with van der Waals surface area (Å²) in [7, 11) is 0. The van der Waals surface area contributed by atoms with Crippen molar-refractivity contribution in [3.8, 4) is 6.07 Å². The van der Waals surface area contributed by atoms with Crippen molar-refractivity contribution in [2.24, 2.45) is 0 Å². The molecule has 2 fully saturated rings. The second-order valence-electron chi connectivity index (χ2n) is 5.57. The fourth-order valence-electron chi connectivity index (χ4n) is 3.42. The number of pyridine rings is 2. The molecule has 1 N–H and O–H groups in total. The van der Waals surface area contributed by atoms with E-state index in [4.69, 9.17) is 0 Å². The molecule has 5 heteroatoms. The van der Waals surface area contributed by atoms with Crippen LogP contribution in [0.5, 0.6) is 0 Å². The Kier molecular flexibility index (Phi) is 2.57. The first-order valence-corrected chi connectivity index (χ1v) is 6.99. The molecule has 0 amide bonds. The number of anilines is 1. The Labute approximate surface area is 117 Å². The van der Waals surface area contributed by atoms with Gasteiger partial charge in [0.2, 0.25) is 0 Å². The third-order valence-corrected chi connectivity index (χ3v) is 4.29. The van der Waals surface area contributed by atoms with E-state index in [-0.39, 0.29) is 0 Å². The second-order valence-corrected chi connectivity index (χ2v) is 5.57. The SMILES string of the molecule is N#Cc1cnc2ccncc2c1N1CC2CCC(C1)N2. The van der Waals surface area contributed by atoms with E-state index in [1.54, 1.807) is 12.4 Å². The maximum absolute atomic E-state index is 9.40. The fourth-order valence-corrected chi connectivity index (χ4v) is 3.42. The first kappa shape index (κ1) is 11.6. The Balaban J connectivity index is 1.87. The lowest BCUT2D eigenvalue weighted by Crippen LogP contribution is -2.51. The molecule has 0 saturated carbocycles. The number of hydrogen-bond acceptors (Lipinski definition) is 5. The third-order valence-electron chi connectivity index (χ3n) is 4.29. The second kappa shape index (κ2) is 4.43. The largest absolute Gasteiger partial charge is 0.367 e. The molecule has 2 aliphatic rings. The van der Waals surface area contributed by atoms with E-state index < -0.39 is 0 Å². The average molecular weight is 265 g/mol. The molecule has 100 valence electrons. The van der Waals surface area contributed by atoms with E-state index in [9.17, 15) is 5.26 Å². The van der Waals surface area contributed by atoms with Gasteiger partial charge < -0.3 is 10.2 Å². The third kappa shape index (κ3) is 1.73. The quantitative estimate of drug-likeness (QED) is 0.845. The molecule has 20 heavy (non-hydrogen) atoms. The minimum Gasteiger partial charge on any atom is -0.367 e. The molecule has 0 spiro atoms. The lowest BCUT2D eigenvalue weighted by molar-refractivity contribution is 0.466. The zero-order chi connectivity index (χ0) is 13.5. The van der Waals surface area contributed by atoms with Gasteiger partial charge >= 0.3 is 0 Å². The lowest BCUT2D eigenvalue weighted by atomic mass is 10.1. The van der Waals surface area contributed by atoms with E-state index >= 15 is 0 Å². The number of aromatic nitrogens is 2. The predicted octanol–water partition coefficient (Wildman–Crippen LogP) is 1.44. The van der Waals surface area contributed by atoms with Crippen LogP contribution in [-0.2, 0) is 0 Å². The molecule has 4 rings (SSSR count). The van der Waals surface area contributed by atoms with Crippen molar-refractivity contribution in [1.29, 1.82) is 5.26 Å². The van der Waals surface area contributed by atoms with Crippen molar-refractivity contribution >= 4 is 16.6 Å². The van der Waals surface area contributed by atoms with Crippen molar-refractivity contribution in [1.82, 2.24) is 15.3 Å². The highest BCUT2D eigenvalue weighted by Gasteiger charge is 2.33. The molecule has 2 aliphatic heterocycles. The summed E-state index contributed by atoms with van der Waals surface area (Å²) in [5.41, 5.74) is 2.55. The van der Waals surface area contributed by atoms with Gasteiger partial charge in [0, 0.05) is 49.1 Å². The first-order valence-electron chi connectivity index (χ1n) is 6.99. The van der Waals surface area contributed by atoms with Crippen LogP contribution in [0.15, 0.2) is 24.7 Å². The molecule has 0 aliphatic carbocycles. The van der Waals surface area contributed by atoms with Crippen molar-refractivity contribution in [3.63, 3.8) is 0 Å². The van der Waals surface area contributed by atoms with Gasteiger partial charge in [0.05, 0.1) is 16.8 Å². The molecule has 2 aromatic heterocycles. The average Bonchev–Trinajstić information content (AvgIpc) is 2.84. The van der Waals surface area contributed by atoms with Crippen LogP contribution in [0.4, 0.5) is 5.69 Å². The topological polar surface area (TPSA) is 64.8 Å². The molecular formula is C15H15N5. The summed E-state index contributed by atoms with van der Waals surface area (Å²) in [6, 6.07) is 5.27.